The van der Waals surface area contributed by atoms with E-state index in [1.807, 2.05) is 0 Å². The molecular formula is C9H18BrNO3S. The summed E-state index contributed by atoms with van der Waals surface area (Å²) >= 11 is 3.37. The Bertz CT molecular complexity index is 281. The van der Waals surface area contributed by atoms with Gasteiger partial charge in [0.15, 0.2) is 0 Å². The number of hydrogen-bond donors (Lipinski definition) is 0. The number of alkyl halides is 1. The summed E-state index contributed by atoms with van der Waals surface area (Å²) in [6.45, 7) is 0.927. The minimum absolute atomic E-state index is 0.0903. The highest BCUT2D eigenvalue weighted by atomic mass is 79.9. The van der Waals surface area contributed by atoms with Crippen LogP contribution in [0.5, 0.6) is 0 Å². The number of halogens is 1. The van der Waals surface area contributed by atoms with E-state index in [4.69, 9.17) is 4.74 Å². The largest absolute Gasteiger partial charge is 0.384 e. The Morgan fingerprint density at radius 2 is 2.20 bits per heavy atom. The van der Waals surface area contributed by atoms with Gasteiger partial charge in [-0.2, -0.15) is 4.31 Å². The number of methoxy groups -OCH3 is 1. The molecule has 1 atom stereocenters. The molecule has 0 aromatic rings. The maximum Gasteiger partial charge on any atom is 0.216 e. The number of hydrogen-bond acceptors (Lipinski definition) is 3. The summed E-state index contributed by atoms with van der Waals surface area (Å²) in [4.78, 5) is 0. The van der Waals surface area contributed by atoms with Crippen LogP contribution in [0.1, 0.15) is 19.3 Å². The topological polar surface area (TPSA) is 46.6 Å². The number of sulfonamides is 1. The molecule has 1 unspecified atom stereocenters. The summed E-state index contributed by atoms with van der Waals surface area (Å²) in [6, 6.07) is 0.126. The Balaban J connectivity index is 2.65. The second-order valence-corrected chi connectivity index (χ2v) is 6.41. The van der Waals surface area contributed by atoms with Gasteiger partial charge in [0, 0.05) is 25.0 Å². The lowest BCUT2D eigenvalue weighted by Crippen LogP contribution is -2.46. The minimum Gasteiger partial charge on any atom is -0.384 e. The van der Waals surface area contributed by atoms with E-state index in [1.54, 1.807) is 4.31 Å². The third-order valence-corrected chi connectivity index (χ3v) is 5.28. The second kappa shape index (κ2) is 6.18. The quantitative estimate of drug-likeness (QED) is 0.717. The SMILES string of the molecule is COCCS(=O)(=O)N1CCCCC1CBr. The minimum atomic E-state index is -3.13. The molecule has 0 aromatic carbocycles. The highest BCUT2D eigenvalue weighted by Gasteiger charge is 2.30. The van der Waals surface area contributed by atoms with Gasteiger partial charge >= 0.3 is 0 Å². The van der Waals surface area contributed by atoms with Crippen LogP contribution in [-0.2, 0) is 14.8 Å². The standard InChI is InChI=1S/C9H18BrNO3S/c1-14-6-7-15(12,13)11-5-3-2-4-9(11)8-10/h9H,2-8H2,1H3. The highest BCUT2D eigenvalue weighted by molar-refractivity contribution is 9.09. The Labute approximate surface area is 100 Å². The Morgan fingerprint density at radius 1 is 1.47 bits per heavy atom. The normalized spacial score (nSPS) is 24.3. The first-order valence-corrected chi connectivity index (χ1v) is 7.89. The summed E-state index contributed by atoms with van der Waals surface area (Å²) < 4.78 is 30.3. The molecule has 4 nitrogen and oxygen atoms in total. The van der Waals surface area contributed by atoms with Gasteiger partial charge in [-0.15, -0.1) is 0 Å². The van der Waals surface area contributed by atoms with E-state index >= 15 is 0 Å². The molecule has 0 aromatic heterocycles. The predicted octanol–water partition coefficient (Wildman–Crippen LogP) is 1.21. The number of ether oxygens (including phenoxy) is 1. The van der Waals surface area contributed by atoms with Crippen LogP contribution in [0.15, 0.2) is 0 Å². The van der Waals surface area contributed by atoms with Crippen molar-refractivity contribution < 1.29 is 13.2 Å². The molecule has 90 valence electrons. The second-order valence-electron chi connectivity index (χ2n) is 3.72. The maximum atomic E-state index is 11.9. The van der Waals surface area contributed by atoms with E-state index in [-0.39, 0.29) is 18.4 Å². The fourth-order valence-corrected chi connectivity index (χ4v) is 4.32. The van der Waals surface area contributed by atoms with Crippen LogP contribution >= 0.6 is 15.9 Å². The molecule has 15 heavy (non-hydrogen) atoms. The zero-order valence-electron chi connectivity index (χ0n) is 8.99. The van der Waals surface area contributed by atoms with Gasteiger partial charge in [0.25, 0.3) is 0 Å². The zero-order valence-corrected chi connectivity index (χ0v) is 11.4. The lowest BCUT2D eigenvalue weighted by Gasteiger charge is -2.33. The first kappa shape index (κ1) is 13.4. The Hall–Kier alpha value is 0.350. The van der Waals surface area contributed by atoms with Gasteiger partial charge in [-0.3, -0.25) is 0 Å². The molecule has 0 bridgehead atoms. The summed E-state index contributed by atoms with van der Waals surface area (Å²) in [5, 5.41) is 0.721. The van der Waals surface area contributed by atoms with Gasteiger partial charge in [0.2, 0.25) is 10.0 Å². The van der Waals surface area contributed by atoms with Crippen molar-refractivity contribution in [3.8, 4) is 0 Å². The van der Waals surface area contributed by atoms with Crippen LogP contribution in [-0.4, -0.2) is 50.1 Å². The van der Waals surface area contributed by atoms with E-state index < -0.39 is 10.0 Å². The molecule has 1 aliphatic rings. The summed E-state index contributed by atoms with van der Waals surface area (Å²) in [7, 11) is -1.61. The summed E-state index contributed by atoms with van der Waals surface area (Å²) in [5.41, 5.74) is 0. The third-order valence-electron chi connectivity index (χ3n) is 2.65. The number of piperidine rings is 1. The average Bonchev–Trinajstić information content (AvgIpc) is 2.26. The van der Waals surface area contributed by atoms with Gasteiger partial charge in [-0.1, -0.05) is 22.4 Å². The monoisotopic (exact) mass is 299 g/mol. The van der Waals surface area contributed by atoms with Crippen molar-refractivity contribution in [2.24, 2.45) is 0 Å². The lowest BCUT2D eigenvalue weighted by molar-refractivity contribution is 0.212. The van der Waals surface area contributed by atoms with Gasteiger partial charge < -0.3 is 4.74 Å². The van der Waals surface area contributed by atoms with E-state index in [1.165, 1.54) is 7.11 Å². The molecule has 6 heteroatoms. The molecule has 0 N–H and O–H groups in total. The van der Waals surface area contributed by atoms with E-state index in [0.717, 1.165) is 24.6 Å². The Kier molecular flexibility index (Phi) is 5.52. The smallest absolute Gasteiger partial charge is 0.216 e. The van der Waals surface area contributed by atoms with E-state index in [0.29, 0.717) is 6.54 Å². The van der Waals surface area contributed by atoms with Crippen molar-refractivity contribution >= 4 is 26.0 Å². The molecule has 1 rings (SSSR count). The molecule has 1 saturated heterocycles. The fraction of sp³-hybridized carbons (Fsp3) is 1.00. The molecule has 1 aliphatic heterocycles. The first-order valence-electron chi connectivity index (χ1n) is 5.16. The number of nitrogens with zero attached hydrogens (tertiary/aromatic N) is 1. The van der Waals surface area contributed by atoms with Crippen molar-refractivity contribution in [1.82, 2.24) is 4.31 Å². The van der Waals surface area contributed by atoms with Crippen LogP contribution in [0.2, 0.25) is 0 Å². The van der Waals surface area contributed by atoms with Crippen LogP contribution in [0, 0.1) is 0 Å². The van der Waals surface area contributed by atoms with Crippen molar-refractivity contribution in [3.63, 3.8) is 0 Å². The molecule has 0 radical (unpaired) electrons. The number of rotatable bonds is 5. The first-order chi connectivity index (χ1) is 7.11. The fourth-order valence-electron chi connectivity index (χ4n) is 1.80. The molecule has 1 fully saturated rings. The van der Waals surface area contributed by atoms with Crippen molar-refractivity contribution in [3.05, 3.63) is 0 Å². The van der Waals surface area contributed by atoms with E-state index in [9.17, 15) is 8.42 Å². The highest BCUT2D eigenvalue weighted by Crippen LogP contribution is 2.22. The molecule has 0 amide bonds. The van der Waals surface area contributed by atoms with Gasteiger partial charge in [0.1, 0.15) is 0 Å². The van der Waals surface area contributed by atoms with E-state index in [2.05, 4.69) is 15.9 Å². The summed E-state index contributed by atoms with van der Waals surface area (Å²) in [5.74, 6) is 0.0903. The molecule has 0 spiro atoms. The van der Waals surface area contributed by atoms with Crippen LogP contribution in [0.25, 0.3) is 0 Å². The van der Waals surface area contributed by atoms with Gasteiger partial charge in [-0.05, 0) is 12.8 Å². The van der Waals surface area contributed by atoms with Crippen LogP contribution in [0.3, 0.4) is 0 Å². The molecule has 1 heterocycles. The van der Waals surface area contributed by atoms with Crippen molar-refractivity contribution in [2.75, 3.05) is 31.3 Å². The van der Waals surface area contributed by atoms with Gasteiger partial charge in [0.05, 0.1) is 12.4 Å². The maximum absolute atomic E-state index is 11.9. The molecule has 0 aliphatic carbocycles. The third kappa shape index (κ3) is 3.69. The molecular weight excluding hydrogens is 282 g/mol. The van der Waals surface area contributed by atoms with Gasteiger partial charge in [-0.25, -0.2) is 8.42 Å². The zero-order chi connectivity index (χ0) is 11.3. The molecule has 0 saturated carbocycles. The average molecular weight is 300 g/mol. The lowest BCUT2D eigenvalue weighted by atomic mass is 10.1. The van der Waals surface area contributed by atoms with Crippen LogP contribution in [0.4, 0.5) is 0 Å². The summed E-state index contributed by atoms with van der Waals surface area (Å²) in [6.07, 6.45) is 3.04. The van der Waals surface area contributed by atoms with Crippen LogP contribution < -0.4 is 0 Å². The Morgan fingerprint density at radius 3 is 2.80 bits per heavy atom. The van der Waals surface area contributed by atoms with Crippen molar-refractivity contribution in [1.29, 1.82) is 0 Å². The predicted molar refractivity (Wildman–Crippen MR) is 63.8 cm³/mol. The van der Waals surface area contributed by atoms with Crippen molar-refractivity contribution in [2.45, 2.75) is 25.3 Å².